The number of likely N-dealkylation sites (tertiary alicyclic amines) is 1. The van der Waals surface area contributed by atoms with Gasteiger partial charge < -0.3 is 10.2 Å². The largest absolute Gasteiger partial charge is 0.337 e. The zero-order valence-electron chi connectivity index (χ0n) is 14.2. The Kier molecular flexibility index (Phi) is 5.55. The van der Waals surface area contributed by atoms with Crippen molar-refractivity contribution in [3.8, 4) is 0 Å². The van der Waals surface area contributed by atoms with Gasteiger partial charge in [0.1, 0.15) is 23.0 Å². The first-order chi connectivity index (χ1) is 12.5. The Hall–Kier alpha value is -2.83. The molecule has 1 aliphatic heterocycles. The van der Waals surface area contributed by atoms with Gasteiger partial charge in [-0.2, -0.15) is 0 Å². The highest BCUT2D eigenvalue weighted by atomic mass is 19.1. The standard InChI is InChI=1S/C19H19F2N3O2/c20-13-8-9-15(14(21)12-13)23-18(25)16-6-5-7-17(22-16)19(26)24-10-3-1-2-4-11-24/h5-9,12H,1-4,10-11H2,(H,23,25). The first-order valence-corrected chi connectivity index (χ1v) is 8.57. The van der Waals surface area contributed by atoms with Crippen molar-refractivity contribution in [1.82, 2.24) is 9.88 Å². The lowest BCUT2D eigenvalue weighted by Gasteiger charge is -2.19. The van der Waals surface area contributed by atoms with Gasteiger partial charge in [-0.15, -0.1) is 0 Å². The number of carbonyl (C=O) groups excluding carboxylic acids is 2. The zero-order chi connectivity index (χ0) is 18.5. The summed E-state index contributed by atoms with van der Waals surface area (Å²) in [5, 5.41) is 2.34. The Labute approximate surface area is 150 Å². The summed E-state index contributed by atoms with van der Waals surface area (Å²) < 4.78 is 26.6. The quantitative estimate of drug-likeness (QED) is 0.910. The number of rotatable bonds is 3. The highest BCUT2D eigenvalue weighted by molar-refractivity contribution is 6.03. The molecular formula is C19H19F2N3O2. The van der Waals surface area contributed by atoms with Gasteiger partial charge in [-0.3, -0.25) is 9.59 Å². The molecule has 0 spiro atoms. The van der Waals surface area contributed by atoms with Crippen molar-refractivity contribution in [3.05, 3.63) is 59.4 Å². The Morgan fingerprint density at radius 3 is 2.35 bits per heavy atom. The van der Waals surface area contributed by atoms with E-state index in [-0.39, 0.29) is 23.0 Å². The van der Waals surface area contributed by atoms with Crippen molar-refractivity contribution in [2.75, 3.05) is 18.4 Å². The summed E-state index contributed by atoms with van der Waals surface area (Å²) in [6.45, 7) is 1.36. The maximum atomic E-state index is 13.7. The van der Waals surface area contributed by atoms with Gasteiger partial charge in [-0.1, -0.05) is 18.9 Å². The Morgan fingerprint density at radius 1 is 0.962 bits per heavy atom. The van der Waals surface area contributed by atoms with Crippen molar-refractivity contribution >= 4 is 17.5 Å². The molecule has 0 bridgehead atoms. The third-order valence-electron chi connectivity index (χ3n) is 4.27. The summed E-state index contributed by atoms with van der Waals surface area (Å²) in [6, 6.07) is 7.43. The molecule has 5 nitrogen and oxygen atoms in total. The number of hydrogen-bond acceptors (Lipinski definition) is 3. The number of pyridine rings is 1. The van der Waals surface area contributed by atoms with Crippen LogP contribution in [0.4, 0.5) is 14.5 Å². The second kappa shape index (κ2) is 8.03. The fourth-order valence-electron chi connectivity index (χ4n) is 2.89. The molecule has 2 aromatic rings. The van der Waals surface area contributed by atoms with Gasteiger partial charge in [0.2, 0.25) is 0 Å². The summed E-state index contributed by atoms with van der Waals surface area (Å²) in [4.78, 5) is 30.8. The van der Waals surface area contributed by atoms with E-state index < -0.39 is 17.5 Å². The van der Waals surface area contributed by atoms with Crippen molar-refractivity contribution in [2.24, 2.45) is 0 Å². The summed E-state index contributed by atoms with van der Waals surface area (Å²) in [7, 11) is 0. The maximum Gasteiger partial charge on any atom is 0.274 e. The minimum absolute atomic E-state index is 0.00519. The van der Waals surface area contributed by atoms with Crippen molar-refractivity contribution in [3.63, 3.8) is 0 Å². The highest BCUT2D eigenvalue weighted by Crippen LogP contribution is 2.16. The van der Waals surface area contributed by atoms with E-state index in [1.54, 1.807) is 17.0 Å². The van der Waals surface area contributed by atoms with Crippen LogP contribution in [0.1, 0.15) is 46.7 Å². The maximum absolute atomic E-state index is 13.7. The first-order valence-electron chi connectivity index (χ1n) is 8.57. The molecule has 2 heterocycles. The molecule has 2 amide bonds. The average molecular weight is 359 g/mol. The minimum Gasteiger partial charge on any atom is -0.337 e. The summed E-state index contributed by atoms with van der Waals surface area (Å²) in [6.07, 6.45) is 4.11. The molecule has 1 saturated heterocycles. The van der Waals surface area contributed by atoms with Gasteiger partial charge in [0.15, 0.2) is 0 Å². The van der Waals surface area contributed by atoms with Crippen LogP contribution in [0.5, 0.6) is 0 Å². The molecule has 1 aromatic carbocycles. The van der Waals surface area contributed by atoms with Crippen molar-refractivity contribution in [2.45, 2.75) is 25.7 Å². The van der Waals surface area contributed by atoms with Crippen LogP contribution in [-0.2, 0) is 0 Å². The van der Waals surface area contributed by atoms with Crippen LogP contribution in [-0.4, -0.2) is 34.8 Å². The first kappa shape index (κ1) is 18.0. The Balaban J connectivity index is 1.75. The summed E-state index contributed by atoms with van der Waals surface area (Å²) >= 11 is 0. The van der Waals surface area contributed by atoms with Crippen LogP contribution in [0.3, 0.4) is 0 Å². The van der Waals surface area contributed by atoms with Crippen LogP contribution < -0.4 is 5.32 Å². The number of nitrogens with one attached hydrogen (secondary N) is 1. The van der Waals surface area contributed by atoms with Crippen LogP contribution in [0.2, 0.25) is 0 Å². The number of aromatic nitrogens is 1. The molecular weight excluding hydrogens is 340 g/mol. The number of nitrogens with zero attached hydrogens (tertiary/aromatic N) is 2. The monoisotopic (exact) mass is 359 g/mol. The second-order valence-electron chi connectivity index (χ2n) is 6.19. The molecule has 1 aliphatic rings. The molecule has 26 heavy (non-hydrogen) atoms. The van der Waals surface area contributed by atoms with E-state index in [4.69, 9.17) is 0 Å². The smallest absolute Gasteiger partial charge is 0.274 e. The average Bonchev–Trinajstić information content (AvgIpc) is 2.93. The molecule has 7 heteroatoms. The normalized spacial score (nSPS) is 14.6. The Bertz CT molecular complexity index is 818. The van der Waals surface area contributed by atoms with Crippen molar-refractivity contribution < 1.29 is 18.4 Å². The molecule has 0 atom stereocenters. The molecule has 1 fully saturated rings. The predicted octanol–water partition coefficient (Wildman–Crippen LogP) is 3.63. The summed E-state index contributed by atoms with van der Waals surface area (Å²) in [5.41, 5.74) is 0.0240. The van der Waals surface area contributed by atoms with Crippen molar-refractivity contribution in [1.29, 1.82) is 0 Å². The lowest BCUT2D eigenvalue weighted by molar-refractivity contribution is 0.0755. The lowest BCUT2D eigenvalue weighted by atomic mass is 10.2. The van der Waals surface area contributed by atoms with E-state index in [1.165, 1.54) is 6.07 Å². The molecule has 0 aliphatic carbocycles. The highest BCUT2D eigenvalue weighted by Gasteiger charge is 2.20. The van der Waals surface area contributed by atoms with E-state index in [1.807, 2.05) is 0 Å². The molecule has 1 N–H and O–H groups in total. The van der Waals surface area contributed by atoms with Gasteiger partial charge >= 0.3 is 0 Å². The molecule has 1 aromatic heterocycles. The van der Waals surface area contributed by atoms with Gasteiger partial charge in [0.25, 0.3) is 11.8 Å². The van der Waals surface area contributed by atoms with Crippen LogP contribution >= 0.6 is 0 Å². The molecule has 3 rings (SSSR count). The third kappa shape index (κ3) is 4.22. The topological polar surface area (TPSA) is 62.3 Å². The molecule has 136 valence electrons. The van der Waals surface area contributed by atoms with Crippen LogP contribution in [0.25, 0.3) is 0 Å². The molecule has 0 unspecified atom stereocenters. The van der Waals surface area contributed by atoms with E-state index in [0.29, 0.717) is 19.2 Å². The zero-order valence-corrected chi connectivity index (χ0v) is 14.2. The SMILES string of the molecule is O=C(Nc1ccc(F)cc1F)c1cccc(C(=O)N2CCCCCC2)n1. The van der Waals surface area contributed by atoms with Gasteiger partial charge in [0, 0.05) is 19.2 Å². The fourth-order valence-corrected chi connectivity index (χ4v) is 2.89. The Morgan fingerprint density at radius 2 is 1.65 bits per heavy atom. The second-order valence-corrected chi connectivity index (χ2v) is 6.19. The van der Waals surface area contributed by atoms with Crippen LogP contribution in [0.15, 0.2) is 36.4 Å². The predicted molar refractivity (Wildman–Crippen MR) is 92.9 cm³/mol. The number of anilines is 1. The molecule has 0 saturated carbocycles. The molecule has 0 radical (unpaired) electrons. The summed E-state index contributed by atoms with van der Waals surface area (Å²) in [5.74, 6) is -2.49. The number of amides is 2. The van der Waals surface area contributed by atoms with E-state index >= 15 is 0 Å². The minimum atomic E-state index is -0.879. The van der Waals surface area contributed by atoms with E-state index in [9.17, 15) is 18.4 Å². The van der Waals surface area contributed by atoms with Gasteiger partial charge in [-0.25, -0.2) is 13.8 Å². The number of benzene rings is 1. The van der Waals surface area contributed by atoms with Crippen LogP contribution in [0, 0.1) is 11.6 Å². The number of hydrogen-bond donors (Lipinski definition) is 1. The third-order valence-corrected chi connectivity index (χ3v) is 4.27. The fraction of sp³-hybridized carbons (Fsp3) is 0.316. The lowest BCUT2D eigenvalue weighted by Crippen LogP contribution is -2.32. The number of carbonyl (C=O) groups is 2. The van der Waals surface area contributed by atoms with Gasteiger partial charge in [-0.05, 0) is 37.1 Å². The van der Waals surface area contributed by atoms with Gasteiger partial charge in [0.05, 0.1) is 5.69 Å². The van der Waals surface area contributed by atoms with E-state index in [2.05, 4.69) is 10.3 Å². The van der Waals surface area contributed by atoms with E-state index in [0.717, 1.165) is 37.8 Å². The number of halogens is 2.